The molecule has 0 radical (unpaired) electrons. The maximum absolute atomic E-state index is 11.8. The normalized spacial score (nSPS) is 19.5. The third-order valence-electron chi connectivity index (χ3n) is 3.61. The Morgan fingerprint density at radius 2 is 2.00 bits per heavy atom. The summed E-state index contributed by atoms with van der Waals surface area (Å²) in [6.07, 6.45) is 1.75. The molecule has 23 heavy (non-hydrogen) atoms. The number of amides is 2. The van der Waals surface area contributed by atoms with Crippen LogP contribution < -0.4 is 20.3 Å². The van der Waals surface area contributed by atoms with Gasteiger partial charge in [0.05, 0.1) is 17.7 Å². The molecule has 2 aliphatic rings. The number of rotatable bonds is 3. The van der Waals surface area contributed by atoms with E-state index in [1.807, 2.05) is 18.2 Å². The molecule has 2 amide bonds. The number of halogens is 1. The highest BCUT2D eigenvalue weighted by Gasteiger charge is 2.26. The Morgan fingerprint density at radius 1 is 1.26 bits per heavy atom. The van der Waals surface area contributed by atoms with Crippen LogP contribution in [0.2, 0.25) is 0 Å². The number of carbonyl (C=O) groups excluding carboxylic acids is 2. The van der Waals surface area contributed by atoms with Crippen molar-refractivity contribution < 1.29 is 14.3 Å². The number of thioether (sulfide) groups is 1. The van der Waals surface area contributed by atoms with Crippen molar-refractivity contribution in [3.05, 3.63) is 28.7 Å². The van der Waals surface area contributed by atoms with Crippen molar-refractivity contribution in [2.45, 2.75) is 0 Å². The number of nitrogens with zero attached hydrogens (tertiary/aromatic N) is 1. The predicted molar refractivity (Wildman–Crippen MR) is 94.4 cm³/mol. The summed E-state index contributed by atoms with van der Waals surface area (Å²) in [4.78, 5) is 25.7. The Bertz CT molecular complexity index is 645. The number of hydrogen-bond acceptors (Lipinski definition) is 6. The molecule has 0 aliphatic carbocycles. The number of piperazine rings is 1. The molecular weight excluding hydrogens is 338 g/mol. The Morgan fingerprint density at radius 3 is 2.61 bits per heavy atom. The van der Waals surface area contributed by atoms with Crippen LogP contribution >= 0.6 is 24.2 Å². The summed E-state index contributed by atoms with van der Waals surface area (Å²) in [5, 5.41) is 5.26. The summed E-state index contributed by atoms with van der Waals surface area (Å²) in [6.45, 7) is 3.55. The van der Waals surface area contributed by atoms with Crippen molar-refractivity contribution in [1.29, 1.82) is 0 Å². The molecule has 0 spiro atoms. The van der Waals surface area contributed by atoms with E-state index in [0.29, 0.717) is 4.91 Å². The van der Waals surface area contributed by atoms with Crippen LogP contribution in [-0.4, -0.2) is 44.4 Å². The van der Waals surface area contributed by atoms with E-state index in [1.54, 1.807) is 13.2 Å². The molecule has 1 aromatic rings. The van der Waals surface area contributed by atoms with E-state index in [4.69, 9.17) is 4.74 Å². The minimum Gasteiger partial charge on any atom is -0.495 e. The highest BCUT2D eigenvalue weighted by atomic mass is 35.5. The van der Waals surface area contributed by atoms with Crippen LogP contribution in [0.5, 0.6) is 5.75 Å². The standard InChI is InChI=1S/C15H17N3O3S.ClH/c1-21-11-4-2-3-10(9-12-14(19)17-15(20)22-12)13(11)18-7-5-16-6-8-18;/h2-4,9,16H,5-8H2,1H3,(H,17,19,20);1H/b12-9+;. The Balaban J connectivity index is 0.00000192. The summed E-state index contributed by atoms with van der Waals surface area (Å²) < 4.78 is 5.49. The minimum atomic E-state index is -0.343. The van der Waals surface area contributed by atoms with Gasteiger partial charge in [0, 0.05) is 31.7 Å². The first-order valence-electron chi connectivity index (χ1n) is 7.06. The quantitative estimate of drug-likeness (QED) is 0.806. The van der Waals surface area contributed by atoms with Crippen molar-refractivity contribution in [1.82, 2.24) is 10.6 Å². The van der Waals surface area contributed by atoms with Gasteiger partial charge in [-0.1, -0.05) is 12.1 Å². The van der Waals surface area contributed by atoms with E-state index in [1.165, 1.54) is 0 Å². The zero-order chi connectivity index (χ0) is 15.5. The van der Waals surface area contributed by atoms with Crippen LogP contribution in [-0.2, 0) is 4.79 Å². The third-order valence-corrected chi connectivity index (χ3v) is 4.42. The summed E-state index contributed by atoms with van der Waals surface area (Å²) >= 11 is 0.927. The second-order valence-electron chi connectivity index (χ2n) is 4.99. The summed E-state index contributed by atoms with van der Waals surface area (Å²) in [7, 11) is 1.64. The molecule has 2 fully saturated rings. The Kier molecular flexibility index (Phi) is 5.92. The predicted octanol–water partition coefficient (Wildman–Crippen LogP) is 1.85. The molecule has 3 rings (SSSR count). The summed E-state index contributed by atoms with van der Waals surface area (Å²) in [5.74, 6) is 0.426. The lowest BCUT2D eigenvalue weighted by Crippen LogP contribution is -2.43. The Labute approximate surface area is 145 Å². The van der Waals surface area contributed by atoms with Gasteiger partial charge in [-0.15, -0.1) is 12.4 Å². The first-order valence-corrected chi connectivity index (χ1v) is 7.88. The fraction of sp³-hybridized carbons (Fsp3) is 0.333. The van der Waals surface area contributed by atoms with E-state index >= 15 is 0 Å². The molecule has 2 N–H and O–H groups in total. The highest BCUT2D eigenvalue weighted by Crippen LogP contribution is 2.36. The van der Waals surface area contributed by atoms with Crippen LogP contribution in [0, 0.1) is 0 Å². The molecule has 0 atom stereocenters. The minimum absolute atomic E-state index is 0. The number of carbonyl (C=O) groups is 2. The van der Waals surface area contributed by atoms with Gasteiger partial charge >= 0.3 is 0 Å². The van der Waals surface area contributed by atoms with Gasteiger partial charge < -0.3 is 15.0 Å². The largest absolute Gasteiger partial charge is 0.495 e. The monoisotopic (exact) mass is 355 g/mol. The van der Waals surface area contributed by atoms with E-state index in [9.17, 15) is 9.59 Å². The third kappa shape index (κ3) is 3.80. The maximum atomic E-state index is 11.8. The fourth-order valence-corrected chi connectivity index (χ4v) is 3.28. The molecule has 124 valence electrons. The lowest BCUT2D eigenvalue weighted by atomic mass is 10.1. The smallest absolute Gasteiger partial charge is 0.290 e. The number of imide groups is 1. The van der Waals surface area contributed by atoms with Crippen LogP contribution in [0.3, 0.4) is 0 Å². The van der Waals surface area contributed by atoms with Crippen molar-refractivity contribution in [2.24, 2.45) is 0 Å². The number of para-hydroxylation sites is 1. The molecular formula is C15H18ClN3O3S. The summed E-state index contributed by atoms with van der Waals surface area (Å²) in [6, 6.07) is 5.73. The molecule has 2 heterocycles. The molecule has 1 aromatic carbocycles. The van der Waals surface area contributed by atoms with Crippen molar-refractivity contribution in [3.8, 4) is 5.75 Å². The number of nitrogens with one attached hydrogen (secondary N) is 2. The fourth-order valence-electron chi connectivity index (χ4n) is 2.61. The SMILES string of the molecule is COc1cccc(/C=C2/SC(=O)NC2=O)c1N1CCNCC1.Cl. The van der Waals surface area contributed by atoms with E-state index in [-0.39, 0.29) is 23.6 Å². The molecule has 0 bridgehead atoms. The Hall–Kier alpha value is -1.70. The van der Waals surface area contributed by atoms with Gasteiger partial charge in [0.2, 0.25) is 0 Å². The van der Waals surface area contributed by atoms with E-state index in [2.05, 4.69) is 15.5 Å². The highest BCUT2D eigenvalue weighted by molar-refractivity contribution is 8.18. The average molecular weight is 356 g/mol. The van der Waals surface area contributed by atoms with Crippen LogP contribution in [0.4, 0.5) is 10.5 Å². The van der Waals surface area contributed by atoms with E-state index in [0.717, 1.165) is 54.9 Å². The number of anilines is 1. The van der Waals surface area contributed by atoms with Gasteiger partial charge in [0.25, 0.3) is 11.1 Å². The first kappa shape index (κ1) is 17.7. The second kappa shape index (κ2) is 7.72. The van der Waals surface area contributed by atoms with Gasteiger partial charge in [0.15, 0.2) is 0 Å². The molecule has 0 aromatic heterocycles. The molecule has 6 nitrogen and oxygen atoms in total. The van der Waals surface area contributed by atoms with Gasteiger partial charge in [0.1, 0.15) is 5.75 Å². The van der Waals surface area contributed by atoms with Crippen molar-refractivity contribution in [3.63, 3.8) is 0 Å². The van der Waals surface area contributed by atoms with Gasteiger partial charge in [-0.25, -0.2) is 0 Å². The summed E-state index contributed by atoms with van der Waals surface area (Å²) in [5.41, 5.74) is 1.85. The molecule has 8 heteroatoms. The number of benzene rings is 1. The average Bonchev–Trinajstić information content (AvgIpc) is 2.85. The molecule has 0 saturated carbocycles. The first-order chi connectivity index (χ1) is 10.7. The topological polar surface area (TPSA) is 70.7 Å². The van der Waals surface area contributed by atoms with Crippen molar-refractivity contribution >= 4 is 47.1 Å². The van der Waals surface area contributed by atoms with Gasteiger partial charge in [-0.05, 0) is 23.9 Å². The zero-order valence-electron chi connectivity index (χ0n) is 12.6. The number of methoxy groups -OCH3 is 1. The lowest BCUT2D eigenvalue weighted by molar-refractivity contribution is -0.115. The van der Waals surface area contributed by atoms with E-state index < -0.39 is 0 Å². The molecule has 0 unspecified atom stereocenters. The van der Waals surface area contributed by atoms with Crippen molar-refractivity contribution in [2.75, 3.05) is 38.2 Å². The van der Waals surface area contributed by atoms with Crippen LogP contribution in [0.1, 0.15) is 5.56 Å². The van der Waals surface area contributed by atoms with Gasteiger partial charge in [-0.3, -0.25) is 14.9 Å². The second-order valence-corrected chi connectivity index (χ2v) is 6.00. The number of hydrogen-bond donors (Lipinski definition) is 2. The zero-order valence-corrected chi connectivity index (χ0v) is 14.3. The maximum Gasteiger partial charge on any atom is 0.290 e. The number of ether oxygens (including phenoxy) is 1. The van der Waals surface area contributed by atoms with Gasteiger partial charge in [-0.2, -0.15) is 0 Å². The van der Waals surface area contributed by atoms with Crippen LogP contribution in [0.15, 0.2) is 23.1 Å². The lowest BCUT2D eigenvalue weighted by Gasteiger charge is -2.31. The molecule has 2 aliphatic heterocycles. The molecule has 2 saturated heterocycles. The van der Waals surface area contributed by atoms with Crippen LogP contribution in [0.25, 0.3) is 6.08 Å².